The molecular formula is C19H22FN3O2. The molecule has 0 saturated heterocycles. The first-order valence-corrected chi connectivity index (χ1v) is 8.83. The molecule has 1 aromatic heterocycles. The van der Waals surface area contributed by atoms with Gasteiger partial charge in [-0.3, -0.25) is 4.79 Å². The van der Waals surface area contributed by atoms with Gasteiger partial charge in [0.2, 0.25) is 0 Å². The molecule has 2 aromatic rings. The van der Waals surface area contributed by atoms with Crippen LogP contribution in [0.15, 0.2) is 24.4 Å². The van der Waals surface area contributed by atoms with Crippen LogP contribution in [0.5, 0.6) is 0 Å². The van der Waals surface area contributed by atoms with Gasteiger partial charge in [0.05, 0.1) is 6.54 Å². The van der Waals surface area contributed by atoms with Gasteiger partial charge in [0.1, 0.15) is 22.9 Å². The van der Waals surface area contributed by atoms with E-state index in [1.54, 1.807) is 12.3 Å². The molecule has 2 N–H and O–H groups in total. The first-order chi connectivity index (χ1) is 12.0. The average Bonchev–Trinajstić information content (AvgIpc) is 3.16. The molecule has 0 fully saturated rings. The first-order valence-electron chi connectivity index (χ1n) is 8.83. The molecule has 4 rings (SSSR count). The molecule has 2 unspecified atom stereocenters. The van der Waals surface area contributed by atoms with E-state index in [1.165, 1.54) is 12.1 Å². The van der Waals surface area contributed by atoms with Crippen LogP contribution in [0.4, 0.5) is 4.39 Å². The average molecular weight is 343 g/mol. The molecule has 0 spiro atoms. The van der Waals surface area contributed by atoms with E-state index in [0.717, 1.165) is 30.8 Å². The molecule has 1 aromatic carbocycles. The Labute approximate surface area is 145 Å². The summed E-state index contributed by atoms with van der Waals surface area (Å²) in [6.45, 7) is 3.11. The van der Waals surface area contributed by atoms with Crippen molar-refractivity contribution >= 4 is 5.91 Å². The number of fused-ring (bicyclic) bond motifs is 2. The molecule has 2 aliphatic rings. The van der Waals surface area contributed by atoms with Crippen molar-refractivity contribution in [3.05, 3.63) is 52.9 Å². The molecule has 0 bridgehead atoms. The lowest BCUT2D eigenvalue weighted by Crippen LogP contribution is -2.39. The van der Waals surface area contributed by atoms with Gasteiger partial charge in [-0.15, -0.1) is 0 Å². The second kappa shape index (κ2) is 5.95. The standard InChI is InChI=1S/C19H22FN3O2/c1-12-3-2-8-23-10-16(22-17(12)23)18(24)21-11-19(25)7-6-13-9-14(20)4-5-15(13)19/h4-5,9-10,12,25H,2-3,6-8,11H2,1H3,(H,21,24). The maximum absolute atomic E-state index is 13.3. The number of aliphatic hydroxyl groups is 1. The number of carbonyl (C=O) groups excluding carboxylic acids is 1. The molecule has 1 aliphatic carbocycles. The highest BCUT2D eigenvalue weighted by Crippen LogP contribution is 2.36. The van der Waals surface area contributed by atoms with Crippen LogP contribution in [0, 0.1) is 5.82 Å². The maximum atomic E-state index is 13.3. The predicted molar refractivity (Wildman–Crippen MR) is 90.8 cm³/mol. The van der Waals surface area contributed by atoms with Gasteiger partial charge < -0.3 is 15.0 Å². The number of imidazole rings is 1. The van der Waals surface area contributed by atoms with E-state index in [4.69, 9.17) is 0 Å². The van der Waals surface area contributed by atoms with E-state index < -0.39 is 5.60 Å². The minimum Gasteiger partial charge on any atom is -0.383 e. The molecule has 1 amide bonds. The number of nitrogens with zero attached hydrogens (tertiary/aromatic N) is 2. The summed E-state index contributed by atoms with van der Waals surface area (Å²) in [5.41, 5.74) is 0.755. The molecule has 0 saturated carbocycles. The van der Waals surface area contributed by atoms with Gasteiger partial charge in [0.15, 0.2) is 0 Å². The Bertz CT molecular complexity index is 832. The van der Waals surface area contributed by atoms with Gasteiger partial charge in [-0.1, -0.05) is 13.0 Å². The molecule has 0 radical (unpaired) electrons. The van der Waals surface area contributed by atoms with Crippen LogP contribution in [-0.4, -0.2) is 27.1 Å². The number of nitrogens with one attached hydrogen (secondary N) is 1. The van der Waals surface area contributed by atoms with E-state index in [1.807, 2.05) is 4.57 Å². The highest BCUT2D eigenvalue weighted by atomic mass is 19.1. The van der Waals surface area contributed by atoms with E-state index in [0.29, 0.717) is 30.0 Å². The summed E-state index contributed by atoms with van der Waals surface area (Å²) in [7, 11) is 0. The minimum absolute atomic E-state index is 0.0994. The van der Waals surface area contributed by atoms with Crippen molar-refractivity contribution in [1.82, 2.24) is 14.9 Å². The molecule has 132 valence electrons. The summed E-state index contributed by atoms with van der Waals surface area (Å²) in [5.74, 6) is 0.732. The number of hydrogen-bond acceptors (Lipinski definition) is 3. The largest absolute Gasteiger partial charge is 0.383 e. The summed E-state index contributed by atoms with van der Waals surface area (Å²) < 4.78 is 15.4. The van der Waals surface area contributed by atoms with E-state index in [2.05, 4.69) is 17.2 Å². The van der Waals surface area contributed by atoms with Crippen molar-refractivity contribution in [2.45, 2.75) is 50.7 Å². The first kappa shape index (κ1) is 16.3. The summed E-state index contributed by atoms with van der Waals surface area (Å²) in [6.07, 6.45) is 5.06. The number of aryl methyl sites for hydroxylation is 2. The monoisotopic (exact) mass is 343 g/mol. The molecule has 25 heavy (non-hydrogen) atoms. The van der Waals surface area contributed by atoms with Gasteiger partial charge >= 0.3 is 0 Å². The number of carbonyl (C=O) groups is 1. The van der Waals surface area contributed by atoms with Crippen molar-refractivity contribution in [1.29, 1.82) is 0 Å². The lowest BCUT2D eigenvalue weighted by molar-refractivity contribution is 0.0368. The molecule has 5 nitrogen and oxygen atoms in total. The Hall–Kier alpha value is -2.21. The van der Waals surface area contributed by atoms with Crippen molar-refractivity contribution in [2.75, 3.05) is 6.54 Å². The molecule has 6 heteroatoms. The summed E-state index contributed by atoms with van der Waals surface area (Å²) in [6, 6.07) is 4.42. The third-order valence-electron chi connectivity index (χ3n) is 5.43. The van der Waals surface area contributed by atoms with Gasteiger partial charge in [-0.05, 0) is 48.9 Å². The van der Waals surface area contributed by atoms with Crippen LogP contribution in [0.1, 0.15) is 59.5 Å². The molecule has 2 atom stereocenters. The summed E-state index contributed by atoms with van der Waals surface area (Å²) >= 11 is 0. The number of hydrogen-bond donors (Lipinski definition) is 2. The lowest BCUT2D eigenvalue weighted by Gasteiger charge is -2.24. The van der Waals surface area contributed by atoms with Crippen molar-refractivity contribution in [3.63, 3.8) is 0 Å². The van der Waals surface area contributed by atoms with Gasteiger partial charge in [-0.25, -0.2) is 9.37 Å². The second-order valence-electron chi connectivity index (χ2n) is 7.24. The van der Waals surface area contributed by atoms with Crippen LogP contribution in [0.3, 0.4) is 0 Å². The summed E-state index contributed by atoms with van der Waals surface area (Å²) in [5, 5.41) is 13.7. The maximum Gasteiger partial charge on any atom is 0.271 e. The Balaban J connectivity index is 1.48. The van der Waals surface area contributed by atoms with Gasteiger partial charge in [-0.2, -0.15) is 0 Å². The summed E-state index contributed by atoms with van der Waals surface area (Å²) in [4.78, 5) is 17.0. The normalized spacial score (nSPS) is 24.7. The van der Waals surface area contributed by atoms with Crippen LogP contribution in [-0.2, 0) is 18.6 Å². The fourth-order valence-corrected chi connectivity index (χ4v) is 4.01. The van der Waals surface area contributed by atoms with Crippen molar-refractivity contribution in [2.24, 2.45) is 0 Å². The molecule has 2 heterocycles. The van der Waals surface area contributed by atoms with Crippen molar-refractivity contribution in [3.8, 4) is 0 Å². The predicted octanol–water partition coefficient (Wildman–Crippen LogP) is 2.48. The Morgan fingerprint density at radius 3 is 3.16 bits per heavy atom. The lowest BCUT2D eigenvalue weighted by atomic mass is 9.96. The third-order valence-corrected chi connectivity index (χ3v) is 5.43. The topological polar surface area (TPSA) is 67.2 Å². The van der Waals surface area contributed by atoms with E-state index >= 15 is 0 Å². The number of amides is 1. The van der Waals surface area contributed by atoms with E-state index in [-0.39, 0.29) is 18.3 Å². The second-order valence-corrected chi connectivity index (χ2v) is 7.24. The Kier molecular flexibility index (Phi) is 3.87. The molecule has 1 aliphatic heterocycles. The van der Waals surface area contributed by atoms with Crippen LogP contribution in [0.2, 0.25) is 0 Å². The van der Waals surface area contributed by atoms with Crippen molar-refractivity contribution < 1.29 is 14.3 Å². The van der Waals surface area contributed by atoms with Gasteiger partial charge in [0.25, 0.3) is 5.91 Å². The van der Waals surface area contributed by atoms with Crippen LogP contribution < -0.4 is 5.32 Å². The zero-order valence-electron chi connectivity index (χ0n) is 14.3. The smallest absolute Gasteiger partial charge is 0.271 e. The van der Waals surface area contributed by atoms with Gasteiger partial charge in [0, 0.05) is 18.7 Å². The highest BCUT2D eigenvalue weighted by molar-refractivity contribution is 5.92. The number of halogens is 1. The Morgan fingerprint density at radius 1 is 1.52 bits per heavy atom. The zero-order chi connectivity index (χ0) is 17.6. The number of rotatable bonds is 3. The SMILES string of the molecule is CC1CCCn2cc(C(=O)NCC3(O)CCc4cc(F)ccc43)nc21. The zero-order valence-corrected chi connectivity index (χ0v) is 14.3. The minimum atomic E-state index is -1.15. The number of aromatic nitrogens is 2. The number of benzene rings is 1. The molecular weight excluding hydrogens is 321 g/mol. The third kappa shape index (κ3) is 2.84. The quantitative estimate of drug-likeness (QED) is 0.900. The van der Waals surface area contributed by atoms with Crippen LogP contribution >= 0.6 is 0 Å². The Morgan fingerprint density at radius 2 is 2.36 bits per heavy atom. The fourth-order valence-electron chi connectivity index (χ4n) is 4.01. The highest BCUT2D eigenvalue weighted by Gasteiger charge is 2.37. The fraction of sp³-hybridized carbons (Fsp3) is 0.474. The van der Waals surface area contributed by atoms with E-state index in [9.17, 15) is 14.3 Å². The van der Waals surface area contributed by atoms with Crippen LogP contribution in [0.25, 0.3) is 0 Å².